The number of nitrogens with one attached hydrogen (secondary N) is 1. The molecule has 0 unspecified atom stereocenters. The average Bonchev–Trinajstić information content (AvgIpc) is 2.79. The van der Waals surface area contributed by atoms with Crippen molar-refractivity contribution in [1.82, 2.24) is 5.32 Å². The Morgan fingerprint density at radius 2 is 2.16 bits per heavy atom. The Balaban J connectivity index is 1.71. The number of hydrogen-bond acceptors (Lipinski definition) is 3. The second-order valence-corrected chi connectivity index (χ2v) is 5.23. The smallest absolute Gasteiger partial charge is 0.228 e. The van der Waals surface area contributed by atoms with Crippen molar-refractivity contribution in [3.63, 3.8) is 0 Å². The molecule has 3 rings (SSSR count). The van der Waals surface area contributed by atoms with Gasteiger partial charge in [-0.1, -0.05) is 24.6 Å². The van der Waals surface area contributed by atoms with E-state index in [9.17, 15) is 9.90 Å². The Kier molecular flexibility index (Phi) is 3.03. The van der Waals surface area contributed by atoms with Gasteiger partial charge in [-0.15, -0.1) is 0 Å². The Morgan fingerprint density at radius 1 is 1.37 bits per heavy atom. The predicted molar refractivity (Wildman–Crippen MR) is 71.4 cm³/mol. The molecule has 1 aromatic heterocycles. The van der Waals surface area contributed by atoms with Crippen LogP contribution >= 0.6 is 0 Å². The van der Waals surface area contributed by atoms with Gasteiger partial charge in [0, 0.05) is 17.5 Å². The van der Waals surface area contributed by atoms with Gasteiger partial charge in [0.1, 0.15) is 5.58 Å². The minimum atomic E-state index is -0.542. The van der Waals surface area contributed by atoms with Crippen LogP contribution in [-0.2, 0) is 11.3 Å². The zero-order chi connectivity index (χ0) is 13.3. The van der Waals surface area contributed by atoms with E-state index in [-0.39, 0.29) is 12.5 Å². The summed E-state index contributed by atoms with van der Waals surface area (Å²) in [6, 6.07) is 7.75. The number of carbonyl (C=O) groups excluding carboxylic acids is 1. The van der Waals surface area contributed by atoms with E-state index in [1.165, 1.54) is 0 Å². The molecule has 1 aromatic carbocycles. The maximum atomic E-state index is 12.1. The van der Waals surface area contributed by atoms with E-state index in [1.807, 2.05) is 24.3 Å². The van der Waals surface area contributed by atoms with E-state index >= 15 is 0 Å². The summed E-state index contributed by atoms with van der Waals surface area (Å²) in [6.07, 6.45) is 4.25. The van der Waals surface area contributed by atoms with Gasteiger partial charge in [-0.3, -0.25) is 4.79 Å². The molecule has 4 nitrogen and oxygen atoms in total. The van der Waals surface area contributed by atoms with Gasteiger partial charge in [0.05, 0.1) is 18.3 Å². The first-order valence-electron chi connectivity index (χ1n) is 6.59. The van der Waals surface area contributed by atoms with Gasteiger partial charge >= 0.3 is 0 Å². The summed E-state index contributed by atoms with van der Waals surface area (Å²) in [6.45, 7) is 0.378. The van der Waals surface area contributed by atoms with Crippen molar-refractivity contribution in [2.75, 3.05) is 6.61 Å². The minimum Gasteiger partial charge on any atom is -0.464 e. The maximum absolute atomic E-state index is 12.1. The normalized spacial score (nSPS) is 17.1. The zero-order valence-electron chi connectivity index (χ0n) is 10.7. The lowest BCUT2D eigenvalue weighted by Crippen LogP contribution is -2.47. The second kappa shape index (κ2) is 4.70. The summed E-state index contributed by atoms with van der Waals surface area (Å²) >= 11 is 0. The molecule has 1 fully saturated rings. The van der Waals surface area contributed by atoms with Crippen molar-refractivity contribution in [1.29, 1.82) is 0 Å². The highest BCUT2D eigenvalue weighted by Gasteiger charge is 2.43. The molecule has 0 radical (unpaired) electrons. The molecule has 1 aliphatic rings. The fraction of sp³-hybridized carbons (Fsp3) is 0.400. The standard InChI is InChI=1S/C15H17NO3/c17-10-15(6-3-7-15)14(18)16-8-11-9-19-13-5-2-1-4-12(11)13/h1-2,4-5,9,17H,3,6-8,10H2,(H,16,18). The van der Waals surface area contributed by atoms with Crippen LogP contribution in [0.2, 0.25) is 0 Å². The van der Waals surface area contributed by atoms with Gasteiger partial charge in [0.2, 0.25) is 5.91 Å². The molecule has 0 spiro atoms. The monoisotopic (exact) mass is 259 g/mol. The van der Waals surface area contributed by atoms with Gasteiger partial charge in [-0.25, -0.2) is 0 Å². The highest BCUT2D eigenvalue weighted by atomic mass is 16.3. The molecule has 0 atom stereocenters. The molecular formula is C15H17NO3. The lowest BCUT2D eigenvalue weighted by molar-refractivity contribution is -0.139. The SMILES string of the molecule is O=C(NCc1coc2ccccc12)C1(CO)CCC1. The van der Waals surface area contributed by atoms with Crippen LogP contribution in [0.4, 0.5) is 0 Å². The summed E-state index contributed by atoms with van der Waals surface area (Å²) in [5.41, 5.74) is 1.25. The van der Waals surface area contributed by atoms with E-state index < -0.39 is 5.41 Å². The lowest BCUT2D eigenvalue weighted by atomic mass is 9.68. The molecule has 19 heavy (non-hydrogen) atoms. The topological polar surface area (TPSA) is 62.5 Å². The van der Waals surface area contributed by atoms with Crippen molar-refractivity contribution >= 4 is 16.9 Å². The summed E-state index contributed by atoms with van der Waals surface area (Å²) in [5, 5.41) is 13.3. The third-order valence-electron chi connectivity index (χ3n) is 4.10. The number of para-hydroxylation sites is 1. The van der Waals surface area contributed by atoms with Crippen molar-refractivity contribution in [3.05, 3.63) is 36.1 Å². The maximum Gasteiger partial charge on any atom is 0.228 e. The Labute approximate surface area is 111 Å². The molecule has 4 heteroatoms. The zero-order valence-corrected chi connectivity index (χ0v) is 10.7. The average molecular weight is 259 g/mol. The fourth-order valence-corrected chi connectivity index (χ4v) is 2.59. The van der Waals surface area contributed by atoms with Crippen LogP contribution < -0.4 is 5.32 Å². The van der Waals surface area contributed by atoms with E-state index in [0.29, 0.717) is 6.54 Å². The van der Waals surface area contributed by atoms with E-state index in [4.69, 9.17) is 4.42 Å². The number of amides is 1. The number of aliphatic hydroxyl groups excluding tert-OH is 1. The molecule has 2 aromatic rings. The number of fused-ring (bicyclic) bond motifs is 1. The third-order valence-corrected chi connectivity index (χ3v) is 4.10. The van der Waals surface area contributed by atoms with Crippen molar-refractivity contribution in [3.8, 4) is 0 Å². The van der Waals surface area contributed by atoms with E-state index in [1.54, 1.807) is 6.26 Å². The number of furan rings is 1. The van der Waals surface area contributed by atoms with Crippen LogP contribution in [-0.4, -0.2) is 17.6 Å². The predicted octanol–water partition coefficient (Wildman–Crippen LogP) is 2.21. The Bertz CT molecular complexity index is 593. The van der Waals surface area contributed by atoms with Gasteiger partial charge in [0.25, 0.3) is 0 Å². The van der Waals surface area contributed by atoms with Crippen molar-refractivity contribution in [2.24, 2.45) is 5.41 Å². The minimum absolute atomic E-state index is 0.0495. The van der Waals surface area contributed by atoms with Crippen molar-refractivity contribution in [2.45, 2.75) is 25.8 Å². The lowest BCUT2D eigenvalue weighted by Gasteiger charge is -2.38. The quantitative estimate of drug-likeness (QED) is 0.885. The molecule has 0 saturated heterocycles. The summed E-state index contributed by atoms with van der Waals surface area (Å²) in [7, 11) is 0. The number of rotatable bonds is 4. The van der Waals surface area contributed by atoms with Crippen LogP contribution in [0.1, 0.15) is 24.8 Å². The van der Waals surface area contributed by atoms with Gasteiger partial charge in [-0.05, 0) is 18.9 Å². The number of hydrogen-bond donors (Lipinski definition) is 2. The second-order valence-electron chi connectivity index (χ2n) is 5.23. The van der Waals surface area contributed by atoms with E-state index in [0.717, 1.165) is 35.8 Å². The summed E-state index contributed by atoms with van der Waals surface area (Å²) in [4.78, 5) is 12.1. The molecule has 1 amide bonds. The first kappa shape index (κ1) is 12.2. The first-order chi connectivity index (χ1) is 9.25. The molecule has 1 saturated carbocycles. The third kappa shape index (κ3) is 2.02. The summed E-state index contributed by atoms with van der Waals surface area (Å²) in [5.74, 6) is -0.0495. The molecular weight excluding hydrogens is 242 g/mol. The summed E-state index contributed by atoms with van der Waals surface area (Å²) < 4.78 is 5.43. The van der Waals surface area contributed by atoms with Crippen LogP contribution in [0, 0.1) is 5.41 Å². The molecule has 1 aliphatic carbocycles. The Hall–Kier alpha value is -1.81. The largest absolute Gasteiger partial charge is 0.464 e. The van der Waals surface area contributed by atoms with Gasteiger partial charge in [0.15, 0.2) is 0 Å². The van der Waals surface area contributed by atoms with Crippen LogP contribution in [0.5, 0.6) is 0 Å². The molecule has 0 bridgehead atoms. The van der Waals surface area contributed by atoms with Crippen molar-refractivity contribution < 1.29 is 14.3 Å². The first-order valence-corrected chi connectivity index (χ1v) is 6.59. The number of carbonyl (C=O) groups is 1. The highest BCUT2D eigenvalue weighted by Crippen LogP contribution is 2.40. The van der Waals surface area contributed by atoms with Crippen LogP contribution in [0.3, 0.4) is 0 Å². The highest BCUT2D eigenvalue weighted by molar-refractivity contribution is 5.85. The number of benzene rings is 1. The van der Waals surface area contributed by atoms with E-state index in [2.05, 4.69) is 5.32 Å². The molecule has 100 valence electrons. The fourth-order valence-electron chi connectivity index (χ4n) is 2.59. The van der Waals surface area contributed by atoms with Gasteiger partial charge in [-0.2, -0.15) is 0 Å². The Morgan fingerprint density at radius 3 is 2.84 bits per heavy atom. The van der Waals surface area contributed by atoms with Gasteiger partial charge < -0.3 is 14.8 Å². The number of aliphatic hydroxyl groups is 1. The molecule has 0 aliphatic heterocycles. The van der Waals surface area contributed by atoms with Crippen LogP contribution in [0.15, 0.2) is 34.9 Å². The molecule has 1 heterocycles. The van der Waals surface area contributed by atoms with Crippen LogP contribution in [0.25, 0.3) is 11.0 Å². The molecule has 2 N–H and O–H groups in total.